The van der Waals surface area contributed by atoms with Gasteiger partial charge in [-0.3, -0.25) is 0 Å². The number of alkyl halides is 10. The van der Waals surface area contributed by atoms with Crippen molar-refractivity contribution in [2.45, 2.75) is 37.2 Å². The summed E-state index contributed by atoms with van der Waals surface area (Å²) < 4.78 is 144. The predicted octanol–water partition coefficient (Wildman–Crippen LogP) is 7.35. The molecule has 0 aromatic heterocycles. The van der Waals surface area contributed by atoms with Crippen LogP contribution in [0.4, 0.5) is 49.6 Å². The molecule has 3 aromatic carbocycles. The van der Waals surface area contributed by atoms with Crippen LogP contribution in [0, 0.1) is 0 Å². The third-order valence-corrected chi connectivity index (χ3v) is 5.94. The van der Waals surface area contributed by atoms with Gasteiger partial charge in [0.25, 0.3) is 0 Å². The molecule has 1 unspecified atom stereocenters. The van der Waals surface area contributed by atoms with Crippen molar-refractivity contribution >= 4 is 5.69 Å². The minimum atomic E-state index is -5.06. The number of hydrogen-bond acceptors (Lipinski definition) is 5. The standard InChI is InChI=1S/C26H19F10NO4/c27-23(28)25(32,33)40-16-6-2-5-15(11-16)20-13-39-22-18(14-4-1-7-17(10-14)41-26(34,35)36)8-3-9-19(22)37(20)12-21(38)24(29,30)31/h1-11,20-21,23,38H,12-13H2/t20?,21-/m0/s1. The molecule has 1 N–H and O–H groups in total. The Labute approximate surface area is 225 Å². The van der Waals surface area contributed by atoms with Crippen LogP contribution in [-0.2, 0) is 0 Å². The second kappa shape index (κ2) is 11.2. The van der Waals surface area contributed by atoms with Gasteiger partial charge in [0.2, 0.25) is 0 Å². The van der Waals surface area contributed by atoms with Crippen molar-refractivity contribution in [2.75, 3.05) is 18.1 Å². The van der Waals surface area contributed by atoms with Gasteiger partial charge >= 0.3 is 25.1 Å². The Morgan fingerprint density at radius 3 is 2.12 bits per heavy atom. The van der Waals surface area contributed by atoms with E-state index in [2.05, 4.69) is 9.47 Å². The smallest absolute Gasteiger partial charge is 0.488 e. The lowest BCUT2D eigenvalue weighted by atomic mass is 9.98. The van der Waals surface area contributed by atoms with E-state index in [4.69, 9.17) is 4.74 Å². The zero-order valence-corrected chi connectivity index (χ0v) is 20.4. The number of benzene rings is 3. The lowest BCUT2D eigenvalue weighted by Crippen LogP contribution is -2.46. The molecule has 4 rings (SSSR count). The maximum atomic E-state index is 13.5. The quantitative estimate of drug-likeness (QED) is 0.275. The third-order valence-electron chi connectivity index (χ3n) is 5.94. The number of β-amino-alcohol motifs (C(OH)–C–C–N with tert-alkyl or cyclic N) is 1. The van der Waals surface area contributed by atoms with Crippen LogP contribution in [0.5, 0.6) is 17.2 Å². The largest absolute Gasteiger partial charge is 0.573 e. The van der Waals surface area contributed by atoms with Crippen molar-refractivity contribution in [1.29, 1.82) is 0 Å². The maximum Gasteiger partial charge on any atom is 0.573 e. The molecule has 222 valence electrons. The van der Waals surface area contributed by atoms with Gasteiger partial charge in [-0.2, -0.15) is 30.7 Å². The van der Waals surface area contributed by atoms with Gasteiger partial charge in [0, 0.05) is 5.56 Å². The number of fused-ring (bicyclic) bond motifs is 1. The van der Waals surface area contributed by atoms with Gasteiger partial charge in [-0.25, -0.2) is 0 Å². The number of aliphatic hydroxyl groups excluding tert-OH is 1. The molecule has 2 atom stereocenters. The molecule has 0 fully saturated rings. The first kappa shape index (κ1) is 30.1. The number of rotatable bonds is 8. The first-order chi connectivity index (χ1) is 19.0. The fourth-order valence-electron chi connectivity index (χ4n) is 4.19. The number of para-hydroxylation sites is 1. The van der Waals surface area contributed by atoms with Gasteiger partial charge in [-0.05, 0) is 41.5 Å². The van der Waals surface area contributed by atoms with E-state index in [-0.39, 0.29) is 28.1 Å². The van der Waals surface area contributed by atoms with Gasteiger partial charge in [0.1, 0.15) is 18.1 Å². The van der Waals surface area contributed by atoms with Crippen LogP contribution in [0.1, 0.15) is 11.6 Å². The second-order valence-electron chi connectivity index (χ2n) is 8.80. The summed E-state index contributed by atoms with van der Waals surface area (Å²) in [5.74, 6) is -1.31. The molecule has 0 spiro atoms. The van der Waals surface area contributed by atoms with Crippen molar-refractivity contribution < 1.29 is 63.2 Å². The Kier molecular flexibility index (Phi) is 8.21. The first-order valence-electron chi connectivity index (χ1n) is 11.6. The Hall–Kier alpha value is -3.88. The Bertz CT molecular complexity index is 1360. The van der Waals surface area contributed by atoms with E-state index in [9.17, 15) is 49.0 Å². The molecule has 1 heterocycles. The summed E-state index contributed by atoms with van der Waals surface area (Å²) in [4.78, 5) is 1.07. The molecule has 0 amide bonds. The van der Waals surface area contributed by atoms with Crippen LogP contribution >= 0.6 is 0 Å². The maximum absolute atomic E-state index is 13.5. The van der Waals surface area contributed by atoms with Crippen LogP contribution in [0.15, 0.2) is 66.7 Å². The van der Waals surface area contributed by atoms with Gasteiger partial charge in [-0.1, -0.05) is 36.4 Å². The highest BCUT2D eigenvalue weighted by molar-refractivity contribution is 5.80. The molecule has 0 saturated carbocycles. The number of aliphatic hydroxyl groups is 1. The highest BCUT2D eigenvalue weighted by Gasteiger charge is 2.45. The molecule has 41 heavy (non-hydrogen) atoms. The molecular formula is C26H19F10NO4. The molecule has 3 aromatic rings. The highest BCUT2D eigenvalue weighted by atomic mass is 19.4. The zero-order chi connectivity index (χ0) is 30.2. The van der Waals surface area contributed by atoms with Crippen molar-refractivity contribution in [1.82, 2.24) is 0 Å². The summed E-state index contributed by atoms with van der Waals surface area (Å²) in [6.45, 7) is -1.49. The fraction of sp³-hybridized carbons (Fsp3) is 0.308. The van der Waals surface area contributed by atoms with Crippen molar-refractivity contribution in [2.24, 2.45) is 0 Å². The molecule has 1 aliphatic heterocycles. The normalized spacial score (nSPS) is 16.7. The molecule has 0 radical (unpaired) electrons. The number of halogens is 10. The number of hydrogen-bond donors (Lipinski definition) is 1. The van der Waals surface area contributed by atoms with Gasteiger partial charge in [-0.15, -0.1) is 13.2 Å². The lowest BCUT2D eigenvalue weighted by molar-refractivity contribution is -0.274. The second-order valence-corrected chi connectivity index (χ2v) is 8.80. The van der Waals surface area contributed by atoms with Crippen LogP contribution in [0.3, 0.4) is 0 Å². The van der Waals surface area contributed by atoms with Crippen molar-refractivity contribution in [3.05, 3.63) is 72.3 Å². The van der Waals surface area contributed by atoms with E-state index in [0.29, 0.717) is 0 Å². The summed E-state index contributed by atoms with van der Waals surface area (Å²) >= 11 is 0. The molecule has 0 bridgehead atoms. The molecule has 0 aliphatic carbocycles. The van der Waals surface area contributed by atoms with E-state index >= 15 is 0 Å². The minimum Gasteiger partial charge on any atom is -0.488 e. The average Bonchev–Trinajstić information content (AvgIpc) is 2.87. The van der Waals surface area contributed by atoms with Crippen LogP contribution in [0.25, 0.3) is 11.1 Å². The van der Waals surface area contributed by atoms with Crippen molar-refractivity contribution in [3.63, 3.8) is 0 Å². The van der Waals surface area contributed by atoms with E-state index in [1.54, 1.807) is 0 Å². The van der Waals surface area contributed by atoms with Crippen molar-refractivity contribution in [3.8, 4) is 28.4 Å². The average molecular weight is 599 g/mol. The van der Waals surface area contributed by atoms with Crippen LogP contribution < -0.4 is 19.1 Å². The summed E-state index contributed by atoms with van der Waals surface area (Å²) in [6.07, 6.45) is -21.9. The molecular weight excluding hydrogens is 580 g/mol. The molecule has 0 saturated heterocycles. The Balaban J connectivity index is 1.76. The number of nitrogens with zero attached hydrogens (tertiary/aromatic N) is 1. The molecule has 15 heteroatoms. The summed E-state index contributed by atoms with van der Waals surface area (Å²) in [7, 11) is 0. The highest BCUT2D eigenvalue weighted by Crippen LogP contribution is 2.46. The zero-order valence-electron chi connectivity index (χ0n) is 20.4. The van der Waals surface area contributed by atoms with Gasteiger partial charge < -0.3 is 24.2 Å². The third kappa shape index (κ3) is 7.07. The summed E-state index contributed by atoms with van der Waals surface area (Å²) in [5.41, 5.74) is 0.337. The van der Waals surface area contributed by atoms with E-state index < -0.39 is 61.9 Å². The van der Waals surface area contributed by atoms with Gasteiger partial charge in [0.15, 0.2) is 11.9 Å². The number of anilines is 1. The predicted molar refractivity (Wildman–Crippen MR) is 124 cm³/mol. The fourth-order valence-corrected chi connectivity index (χ4v) is 4.19. The van der Waals surface area contributed by atoms with E-state index in [0.717, 1.165) is 35.2 Å². The van der Waals surface area contributed by atoms with E-state index in [1.165, 1.54) is 36.4 Å². The summed E-state index contributed by atoms with van der Waals surface area (Å²) in [5, 5.41) is 9.89. The van der Waals surface area contributed by atoms with Gasteiger partial charge in [0.05, 0.1) is 18.3 Å². The Morgan fingerprint density at radius 2 is 1.49 bits per heavy atom. The monoisotopic (exact) mass is 599 g/mol. The SMILES string of the molecule is O[C@@H](CN1c2cccc(-c3cccc(OC(F)(F)F)c3)c2OCC1c1cccc(OC(F)(F)C(F)F)c1)C(F)(F)F. The van der Waals surface area contributed by atoms with Crippen LogP contribution in [-0.4, -0.2) is 49.4 Å². The molecule has 1 aliphatic rings. The number of ether oxygens (including phenoxy) is 3. The topological polar surface area (TPSA) is 51.2 Å². The minimum absolute atomic E-state index is 0.0200. The summed E-state index contributed by atoms with van der Waals surface area (Å²) in [6, 6.07) is 12.1. The Morgan fingerprint density at radius 1 is 0.854 bits per heavy atom. The van der Waals surface area contributed by atoms with E-state index in [1.807, 2.05) is 0 Å². The first-order valence-corrected chi connectivity index (χ1v) is 11.6. The lowest BCUT2D eigenvalue weighted by Gasteiger charge is -2.41. The molecule has 5 nitrogen and oxygen atoms in total. The van der Waals surface area contributed by atoms with Crippen LogP contribution in [0.2, 0.25) is 0 Å².